The summed E-state index contributed by atoms with van der Waals surface area (Å²) in [6.45, 7) is 0.296. The van der Waals surface area contributed by atoms with Crippen LogP contribution in [-0.4, -0.2) is 61.3 Å². The average molecular weight is 467 g/mol. The first kappa shape index (κ1) is 23.6. The minimum absolute atomic E-state index is 0.0401. The van der Waals surface area contributed by atoms with Crippen LogP contribution in [0.2, 0.25) is 5.02 Å². The van der Waals surface area contributed by atoms with Crippen LogP contribution in [0, 0.1) is 11.7 Å². The molecule has 0 radical (unpaired) electrons. The molecule has 1 aromatic carbocycles. The molecule has 0 unspecified atom stereocenters. The van der Waals surface area contributed by atoms with E-state index in [2.05, 4.69) is 5.32 Å². The summed E-state index contributed by atoms with van der Waals surface area (Å²) in [5.74, 6) is -2.43. The predicted octanol–water partition coefficient (Wildman–Crippen LogP) is 3.32. The summed E-state index contributed by atoms with van der Waals surface area (Å²) in [5.41, 5.74) is 0. The molecule has 2 amide bonds. The fourth-order valence-corrected chi connectivity index (χ4v) is 3.63. The Bertz CT molecular complexity index is 794. The minimum atomic E-state index is -4.20. The Balaban J connectivity index is 1.30. The number of nitrogens with zero attached hydrogens (tertiary/aromatic N) is 1. The lowest BCUT2D eigenvalue weighted by molar-refractivity contribution is -0.220. The number of hydrogen-bond donors (Lipinski definition) is 1. The first-order chi connectivity index (χ1) is 14.6. The lowest BCUT2D eigenvalue weighted by Gasteiger charge is -2.37. The SMILES string of the molecule is O=C(COc1ccc(Cl)c(F)c1)NC1CCN(C(=O)COC2CC(C(F)(F)F)C2)CC1. The Morgan fingerprint density at radius 3 is 2.45 bits per heavy atom. The van der Waals surface area contributed by atoms with E-state index in [1.807, 2.05) is 0 Å². The number of carbonyl (C=O) groups excluding carboxylic acids is 2. The molecular weight excluding hydrogens is 444 g/mol. The summed E-state index contributed by atoms with van der Waals surface area (Å²) in [4.78, 5) is 25.8. The summed E-state index contributed by atoms with van der Waals surface area (Å²) in [6.07, 6.45) is -3.86. The number of carbonyl (C=O) groups is 2. The van der Waals surface area contributed by atoms with Gasteiger partial charge in [-0.3, -0.25) is 9.59 Å². The van der Waals surface area contributed by atoms with Crippen molar-refractivity contribution in [3.05, 3.63) is 29.0 Å². The summed E-state index contributed by atoms with van der Waals surface area (Å²) < 4.78 is 61.3. The maximum absolute atomic E-state index is 13.4. The van der Waals surface area contributed by atoms with E-state index in [1.54, 1.807) is 4.90 Å². The Morgan fingerprint density at radius 2 is 1.84 bits per heavy atom. The highest BCUT2D eigenvalue weighted by Gasteiger charge is 2.48. The van der Waals surface area contributed by atoms with E-state index < -0.39 is 24.0 Å². The van der Waals surface area contributed by atoms with Crippen molar-refractivity contribution in [2.45, 2.75) is 44.0 Å². The van der Waals surface area contributed by atoms with Crippen molar-refractivity contribution in [2.24, 2.45) is 5.92 Å². The number of amides is 2. The highest BCUT2D eigenvalue weighted by Crippen LogP contribution is 2.42. The van der Waals surface area contributed by atoms with E-state index >= 15 is 0 Å². The van der Waals surface area contributed by atoms with Gasteiger partial charge in [0.25, 0.3) is 5.91 Å². The number of ether oxygens (including phenoxy) is 2. The van der Waals surface area contributed by atoms with E-state index in [-0.39, 0.29) is 54.7 Å². The molecule has 31 heavy (non-hydrogen) atoms. The third-order valence-electron chi connectivity index (χ3n) is 5.47. The molecule has 0 aromatic heterocycles. The molecule has 0 bridgehead atoms. The minimum Gasteiger partial charge on any atom is -0.484 e. The molecule has 1 heterocycles. The van der Waals surface area contributed by atoms with Crippen LogP contribution in [0.5, 0.6) is 5.75 Å². The van der Waals surface area contributed by atoms with Crippen LogP contribution >= 0.6 is 11.6 Å². The third-order valence-corrected chi connectivity index (χ3v) is 5.78. The van der Waals surface area contributed by atoms with Crippen molar-refractivity contribution >= 4 is 23.4 Å². The molecule has 11 heteroatoms. The van der Waals surface area contributed by atoms with Gasteiger partial charge >= 0.3 is 6.18 Å². The van der Waals surface area contributed by atoms with Crippen molar-refractivity contribution in [1.82, 2.24) is 10.2 Å². The number of benzene rings is 1. The first-order valence-corrected chi connectivity index (χ1v) is 10.3. The smallest absolute Gasteiger partial charge is 0.392 e. The number of hydrogen-bond acceptors (Lipinski definition) is 4. The topological polar surface area (TPSA) is 67.9 Å². The van der Waals surface area contributed by atoms with Crippen molar-refractivity contribution in [3.8, 4) is 5.75 Å². The van der Waals surface area contributed by atoms with E-state index in [1.165, 1.54) is 12.1 Å². The van der Waals surface area contributed by atoms with Crippen molar-refractivity contribution < 1.29 is 36.6 Å². The molecule has 1 aliphatic heterocycles. The molecule has 2 aliphatic rings. The van der Waals surface area contributed by atoms with Crippen molar-refractivity contribution in [2.75, 3.05) is 26.3 Å². The number of halogens is 5. The monoisotopic (exact) mass is 466 g/mol. The van der Waals surface area contributed by atoms with E-state index in [9.17, 15) is 27.2 Å². The van der Waals surface area contributed by atoms with Gasteiger partial charge in [-0.1, -0.05) is 11.6 Å². The second-order valence-corrected chi connectivity index (χ2v) is 8.14. The van der Waals surface area contributed by atoms with E-state index in [0.29, 0.717) is 25.9 Å². The molecule has 1 aromatic rings. The fraction of sp³-hybridized carbons (Fsp3) is 0.600. The zero-order valence-electron chi connectivity index (χ0n) is 16.6. The molecule has 1 aliphatic carbocycles. The molecule has 6 nitrogen and oxygen atoms in total. The van der Waals surface area contributed by atoms with Gasteiger partial charge < -0.3 is 19.7 Å². The molecule has 1 saturated carbocycles. The third kappa shape index (κ3) is 6.70. The van der Waals surface area contributed by atoms with Crippen LogP contribution in [0.25, 0.3) is 0 Å². The van der Waals surface area contributed by atoms with Crippen LogP contribution in [0.4, 0.5) is 17.6 Å². The number of rotatable bonds is 7. The second-order valence-electron chi connectivity index (χ2n) is 7.73. The fourth-order valence-electron chi connectivity index (χ4n) is 3.51. The molecular formula is C20H23ClF4N2O4. The standard InChI is InChI=1S/C20H23ClF4N2O4/c21-16-2-1-14(9-17(16)22)30-10-18(28)26-13-3-5-27(6-4-13)19(29)11-31-15-7-12(8-15)20(23,24)25/h1-2,9,12-13,15H,3-8,10-11H2,(H,26,28). The molecule has 172 valence electrons. The van der Waals surface area contributed by atoms with Gasteiger partial charge in [0.05, 0.1) is 17.0 Å². The van der Waals surface area contributed by atoms with Gasteiger partial charge in [0.15, 0.2) is 6.61 Å². The van der Waals surface area contributed by atoms with Crippen LogP contribution < -0.4 is 10.1 Å². The van der Waals surface area contributed by atoms with Gasteiger partial charge in [-0.25, -0.2) is 4.39 Å². The first-order valence-electron chi connectivity index (χ1n) is 9.95. The summed E-state index contributed by atoms with van der Waals surface area (Å²) >= 11 is 5.59. The quantitative estimate of drug-likeness (QED) is 0.626. The van der Waals surface area contributed by atoms with Gasteiger partial charge in [-0.2, -0.15) is 13.2 Å². The summed E-state index contributed by atoms with van der Waals surface area (Å²) in [7, 11) is 0. The normalized spacial score (nSPS) is 22.0. The second kappa shape index (κ2) is 10.0. The zero-order chi connectivity index (χ0) is 22.6. The van der Waals surface area contributed by atoms with Crippen LogP contribution in [0.15, 0.2) is 18.2 Å². The maximum Gasteiger partial charge on any atom is 0.392 e. The molecule has 1 N–H and O–H groups in total. The number of alkyl halides is 3. The van der Waals surface area contributed by atoms with Crippen molar-refractivity contribution in [1.29, 1.82) is 0 Å². The van der Waals surface area contributed by atoms with Crippen molar-refractivity contribution in [3.63, 3.8) is 0 Å². The molecule has 0 atom stereocenters. The largest absolute Gasteiger partial charge is 0.484 e. The highest BCUT2D eigenvalue weighted by molar-refractivity contribution is 6.30. The number of likely N-dealkylation sites (tertiary alicyclic amines) is 1. The number of piperidine rings is 1. The van der Waals surface area contributed by atoms with Gasteiger partial charge in [0.2, 0.25) is 5.91 Å². The Morgan fingerprint density at radius 1 is 1.16 bits per heavy atom. The van der Waals surface area contributed by atoms with E-state index in [0.717, 1.165) is 6.07 Å². The Kier molecular flexibility index (Phi) is 7.64. The van der Waals surface area contributed by atoms with Crippen LogP contribution in [-0.2, 0) is 14.3 Å². The lowest BCUT2D eigenvalue weighted by Crippen LogP contribution is -2.49. The van der Waals surface area contributed by atoms with Gasteiger partial charge in [0, 0.05) is 25.2 Å². The predicted molar refractivity (Wildman–Crippen MR) is 103 cm³/mol. The summed E-state index contributed by atoms with van der Waals surface area (Å²) in [5, 5.41) is 2.76. The Labute approximate surface area is 181 Å². The molecule has 2 fully saturated rings. The lowest BCUT2D eigenvalue weighted by atomic mass is 9.82. The average Bonchev–Trinajstić information content (AvgIpc) is 2.67. The van der Waals surface area contributed by atoms with E-state index in [4.69, 9.17) is 21.1 Å². The molecule has 1 saturated heterocycles. The van der Waals surface area contributed by atoms with Gasteiger partial charge in [-0.15, -0.1) is 0 Å². The van der Waals surface area contributed by atoms with Crippen LogP contribution in [0.3, 0.4) is 0 Å². The molecule has 0 spiro atoms. The zero-order valence-corrected chi connectivity index (χ0v) is 17.3. The summed E-state index contributed by atoms with van der Waals surface area (Å²) in [6, 6.07) is 3.74. The maximum atomic E-state index is 13.4. The Hall–Kier alpha value is -2.07. The van der Waals surface area contributed by atoms with Gasteiger partial charge in [-0.05, 0) is 37.8 Å². The van der Waals surface area contributed by atoms with Crippen LogP contribution in [0.1, 0.15) is 25.7 Å². The molecule has 3 rings (SSSR count). The van der Waals surface area contributed by atoms with Gasteiger partial charge in [0.1, 0.15) is 18.2 Å². The highest BCUT2D eigenvalue weighted by atomic mass is 35.5. The number of nitrogens with one attached hydrogen (secondary N) is 1.